The highest BCUT2D eigenvalue weighted by atomic mass is 32.2. The van der Waals surface area contributed by atoms with Gasteiger partial charge in [0.05, 0.1) is 11.3 Å². The Balaban J connectivity index is 2.05. The van der Waals surface area contributed by atoms with Gasteiger partial charge in [0.25, 0.3) is 11.8 Å². The van der Waals surface area contributed by atoms with E-state index >= 15 is 0 Å². The molecule has 0 bridgehead atoms. The van der Waals surface area contributed by atoms with E-state index in [1.54, 1.807) is 0 Å². The number of fused-ring (bicyclic) bond motifs is 1. The molecule has 2 aliphatic heterocycles. The van der Waals surface area contributed by atoms with Gasteiger partial charge in [-0.05, 0) is 32.1 Å². The van der Waals surface area contributed by atoms with Gasteiger partial charge in [-0.2, -0.15) is 0 Å². The fourth-order valence-electron chi connectivity index (χ4n) is 3.31. The van der Waals surface area contributed by atoms with E-state index in [0.717, 1.165) is 4.90 Å². The molecule has 0 spiro atoms. The molecule has 9 nitrogen and oxygen atoms in total. The number of rotatable bonds is 3. The van der Waals surface area contributed by atoms with Gasteiger partial charge >= 0.3 is 5.97 Å². The number of carboxylic acids is 1. The van der Waals surface area contributed by atoms with Crippen molar-refractivity contribution < 1.29 is 27.9 Å². The molecular formula is C16H17N3O6S. The summed E-state index contributed by atoms with van der Waals surface area (Å²) < 4.78 is 23.9. The van der Waals surface area contributed by atoms with Crippen LogP contribution < -0.4 is 5.32 Å². The minimum absolute atomic E-state index is 0.0524. The van der Waals surface area contributed by atoms with Crippen LogP contribution in [0.2, 0.25) is 0 Å². The smallest absolute Gasteiger partial charge is 0.328 e. The fourth-order valence-corrected chi connectivity index (χ4v) is 5.43. The number of aromatic nitrogens is 1. The van der Waals surface area contributed by atoms with Gasteiger partial charge in [0.2, 0.25) is 0 Å². The Kier molecular flexibility index (Phi) is 3.91. The molecule has 0 unspecified atom stereocenters. The first-order valence-electron chi connectivity index (χ1n) is 7.72. The molecule has 0 aliphatic carbocycles. The Hall–Kier alpha value is -2.75. The zero-order valence-corrected chi connectivity index (χ0v) is 15.1. The molecule has 2 atom stereocenters. The molecule has 2 N–H and O–H groups in total. The molecule has 3 rings (SSSR count). The van der Waals surface area contributed by atoms with Crippen LogP contribution in [0.1, 0.15) is 29.9 Å². The summed E-state index contributed by atoms with van der Waals surface area (Å²) in [5, 5.41) is 10.5. The summed E-state index contributed by atoms with van der Waals surface area (Å²) in [5.74, 6) is -2.38. The maximum atomic E-state index is 12.8. The lowest BCUT2D eigenvalue weighted by Gasteiger charge is -2.37. The lowest BCUT2D eigenvalue weighted by molar-refractivity contribution is -0.152. The second-order valence-corrected chi connectivity index (χ2v) is 9.19. The summed E-state index contributed by atoms with van der Waals surface area (Å²) in [6.45, 7) is 2.60. The Morgan fingerprint density at radius 3 is 2.62 bits per heavy atom. The van der Waals surface area contributed by atoms with Crippen LogP contribution in [0.3, 0.4) is 0 Å². The fraction of sp³-hybridized carbons (Fsp3) is 0.375. The Morgan fingerprint density at radius 1 is 1.38 bits per heavy atom. The Labute approximate surface area is 149 Å². The molecule has 0 aromatic carbocycles. The predicted octanol–water partition coefficient (Wildman–Crippen LogP) is -0.347. The first kappa shape index (κ1) is 18.1. The van der Waals surface area contributed by atoms with Crippen LogP contribution in [0.25, 0.3) is 6.08 Å². The molecule has 138 valence electrons. The molecule has 2 aliphatic rings. The van der Waals surface area contributed by atoms with Crippen molar-refractivity contribution in [3.8, 4) is 0 Å². The van der Waals surface area contributed by atoms with Gasteiger partial charge in [-0.1, -0.05) is 0 Å². The summed E-state index contributed by atoms with van der Waals surface area (Å²) in [6, 6.07) is 1.45. The molecule has 0 radical (unpaired) electrons. The van der Waals surface area contributed by atoms with Gasteiger partial charge < -0.3 is 15.3 Å². The summed E-state index contributed by atoms with van der Waals surface area (Å²) in [4.78, 5) is 40.6. The number of sulfone groups is 1. The van der Waals surface area contributed by atoms with Gasteiger partial charge in [0.15, 0.2) is 21.3 Å². The van der Waals surface area contributed by atoms with Crippen LogP contribution in [0.5, 0.6) is 0 Å². The Morgan fingerprint density at radius 2 is 2.04 bits per heavy atom. The number of aliphatic carboxylic acids is 1. The third-order valence-corrected chi connectivity index (χ3v) is 7.53. The van der Waals surface area contributed by atoms with E-state index < -0.39 is 37.9 Å². The molecule has 1 aromatic rings. The third-order valence-electron chi connectivity index (χ3n) is 4.77. The Bertz CT molecular complexity index is 966. The number of nitrogens with one attached hydrogen (secondary N) is 1. The van der Waals surface area contributed by atoms with Crippen molar-refractivity contribution in [3.05, 3.63) is 35.2 Å². The largest absolute Gasteiger partial charge is 0.480 e. The number of hydrogen-bond acceptors (Lipinski definition) is 6. The second kappa shape index (κ2) is 5.63. The standard InChI is InChI=1S/C16H17N3O6S/c1-16(2)11(15(22)23)19-13(21)10(14(19)26(16,24)25)7-9-6-8(4-5-18-9)12(20)17-3/h4-7,11,14H,1-3H3,(H,17,20)(H,22,23)/b10-7-/t11-,14+/m0/s1. The monoisotopic (exact) mass is 379 g/mol. The van der Waals surface area contributed by atoms with Gasteiger partial charge in [-0.15, -0.1) is 0 Å². The van der Waals surface area contributed by atoms with Crippen LogP contribution in [-0.2, 0) is 19.4 Å². The van der Waals surface area contributed by atoms with Crippen LogP contribution in [-0.4, -0.2) is 64.4 Å². The lowest BCUT2D eigenvalue weighted by atomic mass is 9.95. The van der Waals surface area contributed by atoms with Gasteiger partial charge in [-0.25, -0.2) is 13.2 Å². The van der Waals surface area contributed by atoms with E-state index in [1.807, 2.05) is 0 Å². The average Bonchev–Trinajstić information content (AvgIpc) is 2.73. The average molecular weight is 379 g/mol. The summed E-state index contributed by atoms with van der Waals surface area (Å²) in [7, 11) is -2.48. The van der Waals surface area contributed by atoms with E-state index in [2.05, 4.69) is 10.3 Å². The molecule has 2 fully saturated rings. The van der Waals surface area contributed by atoms with E-state index in [9.17, 15) is 27.9 Å². The van der Waals surface area contributed by atoms with Crippen LogP contribution >= 0.6 is 0 Å². The predicted molar refractivity (Wildman–Crippen MR) is 90.7 cm³/mol. The van der Waals surface area contributed by atoms with E-state index in [4.69, 9.17) is 0 Å². The number of carbonyl (C=O) groups excluding carboxylic acids is 2. The normalized spacial score (nSPS) is 27.0. The second-order valence-electron chi connectivity index (χ2n) is 6.60. The zero-order valence-electron chi connectivity index (χ0n) is 14.3. The number of hydrogen-bond donors (Lipinski definition) is 2. The SMILES string of the molecule is CNC(=O)c1ccnc(/C=C2/C(=O)N3[C@@H](C(=O)O)C(C)(C)S(=O)(=O)[C@H]23)c1. The van der Waals surface area contributed by atoms with Gasteiger partial charge in [0.1, 0.15) is 4.75 Å². The number of β-lactam (4-membered cyclic amide) rings is 1. The van der Waals surface area contributed by atoms with Gasteiger partial charge in [0, 0.05) is 18.8 Å². The van der Waals surface area contributed by atoms with Crippen LogP contribution in [0.4, 0.5) is 0 Å². The van der Waals surface area contributed by atoms with Crippen molar-refractivity contribution in [2.75, 3.05) is 7.05 Å². The van der Waals surface area contributed by atoms with Crippen LogP contribution in [0, 0.1) is 0 Å². The molecule has 10 heteroatoms. The highest BCUT2D eigenvalue weighted by Gasteiger charge is 2.70. The number of carbonyl (C=O) groups is 3. The van der Waals surface area contributed by atoms with Crippen molar-refractivity contribution in [2.24, 2.45) is 0 Å². The summed E-state index contributed by atoms with van der Waals surface area (Å²) in [6.07, 6.45) is 2.65. The molecular weight excluding hydrogens is 362 g/mol. The minimum atomic E-state index is -3.94. The maximum absolute atomic E-state index is 12.8. The van der Waals surface area contributed by atoms with Crippen LogP contribution in [0.15, 0.2) is 23.9 Å². The molecule has 2 saturated heterocycles. The summed E-state index contributed by atoms with van der Waals surface area (Å²) in [5.41, 5.74) is 0.486. The number of pyridine rings is 1. The van der Waals surface area contributed by atoms with Crippen molar-refractivity contribution in [2.45, 2.75) is 30.0 Å². The third kappa shape index (κ3) is 2.25. The molecule has 1 aromatic heterocycles. The molecule has 26 heavy (non-hydrogen) atoms. The highest BCUT2D eigenvalue weighted by Crippen LogP contribution is 2.48. The summed E-state index contributed by atoms with van der Waals surface area (Å²) >= 11 is 0. The van der Waals surface area contributed by atoms with Crippen molar-refractivity contribution in [1.29, 1.82) is 0 Å². The lowest BCUT2D eigenvalue weighted by Crippen LogP contribution is -2.58. The number of nitrogens with zero attached hydrogens (tertiary/aromatic N) is 2. The maximum Gasteiger partial charge on any atom is 0.328 e. The topological polar surface area (TPSA) is 134 Å². The van der Waals surface area contributed by atoms with Crippen molar-refractivity contribution in [1.82, 2.24) is 15.2 Å². The van der Waals surface area contributed by atoms with E-state index in [0.29, 0.717) is 5.56 Å². The first-order valence-corrected chi connectivity index (χ1v) is 9.27. The molecule has 0 saturated carbocycles. The highest BCUT2D eigenvalue weighted by molar-refractivity contribution is 7.94. The quantitative estimate of drug-likeness (QED) is 0.542. The molecule has 2 amide bonds. The van der Waals surface area contributed by atoms with Crippen molar-refractivity contribution in [3.63, 3.8) is 0 Å². The first-order chi connectivity index (χ1) is 12.0. The number of amides is 2. The van der Waals surface area contributed by atoms with E-state index in [-0.39, 0.29) is 17.2 Å². The van der Waals surface area contributed by atoms with Crippen molar-refractivity contribution >= 4 is 33.7 Å². The van der Waals surface area contributed by atoms with E-state index in [1.165, 1.54) is 45.3 Å². The van der Waals surface area contributed by atoms with Gasteiger partial charge in [-0.3, -0.25) is 14.6 Å². The minimum Gasteiger partial charge on any atom is -0.480 e. The number of carboxylic acid groups (broad SMARTS) is 1. The molecule has 3 heterocycles. The zero-order chi connectivity index (χ0) is 19.4.